The van der Waals surface area contributed by atoms with Crippen LogP contribution in [0.1, 0.15) is 23.6 Å². The van der Waals surface area contributed by atoms with Gasteiger partial charge in [-0.25, -0.2) is 0 Å². The molecule has 1 aliphatic heterocycles. The van der Waals surface area contributed by atoms with E-state index in [4.69, 9.17) is 10.5 Å². The predicted molar refractivity (Wildman–Crippen MR) is 83.2 cm³/mol. The van der Waals surface area contributed by atoms with Gasteiger partial charge in [0.05, 0.1) is 0 Å². The van der Waals surface area contributed by atoms with E-state index in [2.05, 4.69) is 50.2 Å². The van der Waals surface area contributed by atoms with E-state index >= 15 is 0 Å². The van der Waals surface area contributed by atoms with Crippen molar-refractivity contribution >= 4 is 0 Å². The van der Waals surface area contributed by atoms with Gasteiger partial charge >= 0.3 is 0 Å². The lowest BCUT2D eigenvalue weighted by atomic mass is 9.94. The van der Waals surface area contributed by atoms with Crippen LogP contribution in [0.2, 0.25) is 0 Å². The number of fused-ring (bicyclic) bond motifs is 1. The van der Waals surface area contributed by atoms with Crippen LogP contribution in [0.15, 0.2) is 36.4 Å². The molecule has 20 heavy (non-hydrogen) atoms. The molecule has 1 heterocycles. The fraction of sp³-hybridized carbons (Fsp3) is 0.333. The molecule has 0 radical (unpaired) electrons. The lowest BCUT2D eigenvalue weighted by Gasteiger charge is -2.14. The van der Waals surface area contributed by atoms with E-state index in [9.17, 15) is 0 Å². The molecular weight excluding hydrogens is 246 g/mol. The van der Waals surface area contributed by atoms with Gasteiger partial charge in [0.25, 0.3) is 0 Å². The molecule has 0 spiro atoms. The molecule has 2 heteroatoms. The van der Waals surface area contributed by atoms with Crippen molar-refractivity contribution in [3.8, 4) is 16.9 Å². The van der Waals surface area contributed by atoms with Crippen LogP contribution in [-0.4, -0.2) is 12.6 Å². The molecule has 2 aromatic carbocycles. The van der Waals surface area contributed by atoms with Crippen LogP contribution in [0.25, 0.3) is 11.1 Å². The highest BCUT2D eigenvalue weighted by Crippen LogP contribution is 2.40. The molecule has 0 saturated carbocycles. The molecule has 2 aromatic rings. The number of hydrogen-bond acceptors (Lipinski definition) is 2. The first-order valence-electron chi connectivity index (χ1n) is 7.31. The molecule has 2 nitrogen and oxygen atoms in total. The average Bonchev–Trinajstić information content (AvgIpc) is 2.90. The summed E-state index contributed by atoms with van der Waals surface area (Å²) in [6.07, 6.45) is 2.10. The van der Waals surface area contributed by atoms with Crippen LogP contribution in [0.5, 0.6) is 5.75 Å². The molecule has 0 saturated heterocycles. The Bertz CT molecular complexity index is 633. The van der Waals surface area contributed by atoms with Gasteiger partial charge in [-0.15, -0.1) is 0 Å². The van der Waals surface area contributed by atoms with E-state index in [0.717, 1.165) is 18.6 Å². The van der Waals surface area contributed by atoms with Crippen molar-refractivity contribution < 1.29 is 4.74 Å². The van der Waals surface area contributed by atoms with Crippen molar-refractivity contribution in [2.75, 3.05) is 6.54 Å². The van der Waals surface area contributed by atoms with Crippen LogP contribution in [0.3, 0.4) is 0 Å². The van der Waals surface area contributed by atoms with Crippen molar-refractivity contribution in [1.82, 2.24) is 0 Å². The van der Waals surface area contributed by atoms with E-state index in [1.54, 1.807) is 0 Å². The molecule has 0 amide bonds. The maximum Gasteiger partial charge on any atom is 0.130 e. The Kier molecular flexibility index (Phi) is 3.49. The summed E-state index contributed by atoms with van der Waals surface area (Å²) in [7, 11) is 0. The summed E-state index contributed by atoms with van der Waals surface area (Å²) < 4.78 is 6.07. The van der Waals surface area contributed by atoms with Gasteiger partial charge in [0, 0.05) is 18.5 Å². The van der Waals surface area contributed by atoms with E-state index in [0.29, 0.717) is 6.54 Å². The summed E-state index contributed by atoms with van der Waals surface area (Å²) in [6, 6.07) is 13.0. The maximum absolute atomic E-state index is 6.07. The zero-order valence-electron chi connectivity index (χ0n) is 12.1. The summed E-state index contributed by atoms with van der Waals surface area (Å²) in [6.45, 7) is 4.92. The number of ether oxygens (including phenoxy) is 1. The molecule has 104 valence electrons. The van der Waals surface area contributed by atoms with Gasteiger partial charge < -0.3 is 10.5 Å². The summed E-state index contributed by atoms with van der Waals surface area (Å²) in [5.41, 5.74) is 12.2. The normalized spacial score (nSPS) is 16.9. The second kappa shape index (κ2) is 5.29. The Hall–Kier alpha value is -1.80. The van der Waals surface area contributed by atoms with Gasteiger partial charge in [-0.3, -0.25) is 0 Å². The summed E-state index contributed by atoms with van der Waals surface area (Å²) >= 11 is 0. The fourth-order valence-corrected chi connectivity index (χ4v) is 2.91. The molecule has 0 aliphatic carbocycles. The Balaban J connectivity index is 2.16. The summed E-state index contributed by atoms with van der Waals surface area (Å²) in [4.78, 5) is 0. The predicted octanol–water partition coefficient (Wildman–Crippen LogP) is 3.49. The van der Waals surface area contributed by atoms with Crippen LogP contribution < -0.4 is 10.5 Å². The van der Waals surface area contributed by atoms with Crippen molar-refractivity contribution in [3.05, 3.63) is 53.1 Å². The van der Waals surface area contributed by atoms with Gasteiger partial charge in [0.2, 0.25) is 0 Å². The lowest BCUT2D eigenvalue weighted by molar-refractivity contribution is 0.242. The second-order valence-corrected chi connectivity index (χ2v) is 5.48. The van der Waals surface area contributed by atoms with Crippen molar-refractivity contribution in [2.24, 2.45) is 5.73 Å². The zero-order valence-corrected chi connectivity index (χ0v) is 12.1. The smallest absolute Gasteiger partial charge is 0.130 e. The number of rotatable bonds is 3. The van der Waals surface area contributed by atoms with E-state index in [-0.39, 0.29) is 6.10 Å². The van der Waals surface area contributed by atoms with Crippen molar-refractivity contribution in [2.45, 2.75) is 32.8 Å². The molecule has 3 rings (SSSR count). The standard InChI is InChI=1S/C18H21NO/c1-3-13-8-14-10-15(11-19)20-18(14)17(9-13)16-7-5-4-6-12(16)2/h4-9,15H,3,10-11,19H2,1-2H3/t15-/m0/s1. The molecule has 1 atom stereocenters. The maximum atomic E-state index is 6.07. The quantitative estimate of drug-likeness (QED) is 0.924. The number of benzene rings is 2. The monoisotopic (exact) mass is 267 g/mol. The minimum atomic E-state index is 0.125. The first kappa shape index (κ1) is 13.2. The molecule has 0 unspecified atom stereocenters. The molecule has 0 bridgehead atoms. The third-order valence-corrected chi connectivity index (χ3v) is 4.06. The summed E-state index contributed by atoms with van der Waals surface area (Å²) in [5.74, 6) is 1.03. The molecule has 2 N–H and O–H groups in total. The van der Waals surface area contributed by atoms with Crippen molar-refractivity contribution in [3.63, 3.8) is 0 Å². The van der Waals surface area contributed by atoms with E-state index in [1.807, 2.05) is 0 Å². The Morgan fingerprint density at radius 3 is 2.70 bits per heavy atom. The molecule has 0 fully saturated rings. The number of hydrogen-bond donors (Lipinski definition) is 1. The highest BCUT2D eigenvalue weighted by Gasteiger charge is 2.25. The van der Waals surface area contributed by atoms with Crippen LogP contribution in [-0.2, 0) is 12.8 Å². The SMILES string of the molecule is CCc1cc2c(c(-c3ccccc3C)c1)O[C@H](CN)C2. The van der Waals surface area contributed by atoms with Gasteiger partial charge in [-0.1, -0.05) is 37.3 Å². The third-order valence-electron chi connectivity index (χ3n) is 4.06. The first-order valence-corrected chi connectivity index (χ1v) is 7.31. The molecule has 1 aliphatic rings. The van der Waals surface area contributed by atoms with Crippen LogP contribution >= 0.6 is 0 Å². The van der Waals surface area contributed by atoms with Gasteiger partial charge in [-0.2, -0.15) is 0 Å². The molecule has 0 aromatic heterocycles. The Morgan fingerprint density at radius 1 is 1.20 bits per heavy atom. The van der Waals surface area contributed by atoms with Gasteiger partial charge in [0.1, 0.15) is 11.9 Å². The van der Waals surface area contributed by atoms with Crippen LogP contribution in [0, 0.1) is 6.92 Å². The fourth-order valence-electron chi connectivity index (χ4n) is 2.91. The van der Waals surface area contributed by atoms with Crippen molar-refractivity contribution in [1.29, 1.82) is 0 Å². The second-order valence-electron chi connectivity index (χ2n) is 5.48. The third kappa shape index (κ3) is 2.20. The number of nitrogens with two attached hydrogens (primary N) is 1. The number of aryl methyl sites for hydroxylation is 2. The zero-order chi connectivity index (χ0) is 14.1. The van der Waals surface area contributed by atoms with Gasteiger partial charge in [0.15, 0.2) is 0 Å². The van der Waals surface area contributed by atoms with Gasteiger partial charge in [-0.05, 0) is 41.7 Å². The first-order chi connectivity index (χ1) is 9.72. The minimum Gasteiger partial charge on any atom is -0.488 e. The average molecular weight is 267 g/mol. The lowest BCUT2D eigenvalue weighted by Crippen LogP contribution is -2.24. The topological polar surface area (TPSA) is 35.2 Å². The largest absolute Gasteiger partial charge is 0.488 e. The van der Waals surface area contributed by atoms with E-state index < -0.39 is 0 Å². The Morgan fingerprint density at radius 2 is 2.00 bits per heavy atom. The highest BCUT2D eigenvalue weighted by atomic mass is 16.5. The molecular formula is C18H21NO. The summed E-state index contributed by atoms with van der Waals surface area (Å²) in [5, 5.41) is 0. The highest BCUT2D eigenvalue weighted by molar-refractivity contribution is 5.76. The Labute approximate surface area is 120 Å². The minimum absolute atomic E-state index is 0.125. The van der Waals surface area contributed by atoms with E-state index in [1.165, 1.54) is 27.8 Å². The van der Waals surface area contributed by atoms with Crippen LogP contribution in [0.4, 0.5) is 0 Å².